The maximum Gasteiger partial charge on any atom is 0.203 e. The first-order valence-corrected chi connectivity index (χ1v) is 10.9. The van der Waals surface area contributed by atoms with E-state index in [0.717, 1.165) is 11.1 Å². The predicted molar refractivity (Wildman–Crippen MR) is 122 cm³/mol. The lowest BCUT2D eigenvalue weighted by Crippen LogP contribution is -2.20. The van der Waals surface area contributed by atoms with E-state index in [2.05, 4.69) is 13.8 Å². The summed E-state index contributed by atoms with van der Waals surface area (Å²) in [5, 5.41) is 0. The highest BCUT2D eigenvalue weighted by Crippen LogP contribution is 2.47. The summed E-state index contributed by atoms with van der Waals surface area (Å²) >= 11 is 0. The van der Waals surface area contributed by atoms with Gasteiger partial charge in [0, 0.05) is 5.41 Å². The SMILES string of the molecule is COc1cc(C(C)(C)c2cc(OC)c(OCC3CO3)c(OC)c2)cc(OC)c1OCC1CO1. The molecule has 2 saturated heterocycles. The average Bonchev–Trinajstić information content (AvgIpc) is 3.75. The zero-order valence-corrected chi connectivity index (χ0v) is 20.1. The number of hydrogen-bond donors (Lipinski definition) is 0. The summed E-state index contributed by atoms with van der Waals surface area (Å²) in [7, 11) is 6.48. The third-order valence-electron chi connectivity index (χ3n) is 6.00. The fourth-order valence-corrected chi connectivity index (χ4v) is 3.61. The van der Waals surface area contributed by atoms with Gasteiger partial charge in [-0.25, -0.2) is 0 Å². The van der Waals surface area contributed by atoms with Gasteiger partial charge in [-0.2, -0.15) is 0 Å². The molecule has 2 aromatic carbocycles. The molecule has 2 heterocycles. The van der Waals surface area contributed by atoms with Crippen molar-refractivity contribution < 1.29 is 37.9 Å². The Morgan fingerprint density at radius 2 is 0.970 bits per heavy atom. The standard InChI is InChI=1S/C25H32O8/c1-25(2,15-7-19(26-3)23(20(8-15)27-4)32-13-17-11-30-17)16-9-21(28-5)24(22(10-16)29-6)33-14-18-12-31-18/h7-10,17-18H,11-14H2,1-6H3. The monoisotopic (exact) mass is 460 g/mol. The molecule has 180 valence electrons. The molecule has 0 saturated carbocycles. The largest absolute Gasteiger partial charge is 0.493 e. The minimum Gasteiger partial charge on any atom is -0.493 e. The van der Waals surface area contributed by atoms with Gasteiger partial charge in [-0.1, -0.05) is 13.8 Å². The first-order valence-electron chi connectivity index (χ1n) is 10.9. The van der Waals surface area contributed by atoms with Crippen LogP contribution in [0, 0.1) is 0 Å². The summed E-state index contributed by atoms with van der Waals surface area (Å²) in [6.07, 6.45) is 0.255. The highest BCUT2D eigenvalue weighted by atomic mass is 16.6. The summed E-state index contributed by atoms with van der Waals surface area (Å²) < 4.78 is 45.0. The molecule has 0 amide bonds. The van der Waals surface area contributed by atoms with Crippen molar-refractivity contribution in [2.45, 2.75) is 31.5 Å². The highest BCUT2D eigenvalue weighted by molar-refractivity contribution is 5.60. The van der Waals surface area contributed by atoms with E-state index in [-0.39, 0.29) is 12.2 Å². The number of benzene rings is 2. The maximum absolute atomic E-state index is 5.95. The fourth-order valence-electron chi connectivity index (χ4n) is 3.61. The minimum atomic E-state index is -0.447. The molecule has 4 rings (SSSR count). The second kappa shape index (κ2) is 9.57. The second-order valence-electron chi connectivity index (χ2n) is 8.58. The van der Waals surface area contributed by atoms with Crippen molar-refractivity contribution in [2.75, 3.05) is 54.9 Å². The van der Waals surface area contributed by atoms with Crippen LogP contribution in [0.5, 0.6) is 34.5 Å². The molecule has 2 aliphatic heterocycles. The Morgan fingerprint density at radius 1 is 0.667 bits per heavy atom. The van der Waals surface area contributed by atoms with E-state index in [1.807, 2.05) is 24.3 Å². The summed E-state index contributed by atoms with van der Waals surface area (Å²) in [4.78, 5) is 0. The van der Waals surface area contributed by atoms with Crippen LogP contribution in [0.1, 0.15) is 25.0 Å². The van der Waals surface area contributed by atoms with E-state index in [9.17, 15) is 0 Å². The maximum atomic E-state index is 5.95. The zero-order valence-electron chi connectivity index (χ0n) is 20.1. The van der Waals surface area contributed by atoms with Crippen molar-refractivity contribution in [3.8, 4) is 34.5 Å². The fraction of sp³-hybridized carbons (Fsp3) is 0.520. The number of rotatable bonds is 12. The lowest BCUT2D eigenvalue weighted by Gasteiger charge is -2.29. The number of epoxide rings is 2. The molecular weight excluding hydrogens is 428 g/mol. The second-order valence-corrected chi connectivity index (χ2v) is 8.58. The van der Waals surface area contributed by atoms with Gasteiger partial charge in [0.05, 0.1) is 41.7 Å². The van der Waals surface area contributed by atoms with Crippen LogP contribution in [0.25, 0.3) is 0 Å². The number of methoxy groups -OCH3 is 4. The van der Waals surface area contributed by atoms with Gasteiger partial charge in [0.1, 0.15) is 25.4 Å². The van der Waals surface area contributed by atoms with E-state index in [0.29, 0.717) is 60.9 Å². The Morgan fingerprint density at radius 3 is 1.21 bits per heavy atom. The minimum absolute atomic E-state index is 0.127. The Kier molecular flexibility index (Phi) is 6.76. The van der Waals surface area contributed by atoms with Gasteiger partial charge in [-0.15, -0.1) is 0 Å². The van der Waals surface area contributed by atoms with E-state index in [4.69, 9.17) is 37.9 Å². The lowest BCUT2D eigenvalue weighted by atomic mass is 9.77. The topological polar surface area (TPSA) is 80.4 Å². The van der Waals surface area contributed by atoms with Crippen LogP contribution in [0.2, 0.25) is 0 Å². The number of ether oxygens (including phenoxy) is 8. The van der Waals surface area contributed by atoms with Crippen LogP contribution in [-0.4, -0.2) is 67.1 Å². The number of hydrogen-bond acceptors (Lipinski definition) is 8. The van der Waals surface area contributed by atoms with E-state index in [1.54, 1.807) is 28.4 Å². The highest BCUT2D eigenvalue weighted by Gasteiger charge is 2.31. The van der Waals surface area contributed by atoms with Gasteiger partial charge in [0.25, 0.3) is 0 Å². The Bertz CT molecular complexity index is 851. The normalized spacial score (nSPS) is 19.0. The summed E-state index contributed by atoms with van der Waals surface area (Å²) in [5.74, 6) is 3.53. The first kappa shape index (κ1) is 23.3. The van der Waals surface area contributed by atoms with Crippen molar-refractivity contribution in [1.29, 1.82) is 0 Å². The molecule has 2 aliphatic rings. The molecule has 0 aromatic heterocycles. The molecule has 0 aliphatic carbocycles. The molecule has 0 spiro atoms. The quantitative estimate of drug-likeness (QED) is 0.445. The lowest BCUT2D eigenvalue weighted by molar-refractivity contribution is 0.240. The van der Waals surface area contributed by atoms with Gasteiger partial charge >= 0.3 is 0 Å². The van der Waals surface area contributed by atoms with Crippen LogP contribution in [0.15, 0.2) is 24.3 Å². The molecular formula is C25H32O8. The molecule has 0 N–H and O–H groups in total. The average molecular weight is 461 g/mol. The van der Waals surface area contributed by atoms with E-state index >= 15 is 0 Å². The van der Waals surface area contributed by atoms with E-state index in [1.165, 1.54) is 0 Å². The third-order valence-corrected chi connectivity index (χ3v) is 6.00. The van der Waals surface area contributed by atoms with Gasteiger partial charge in [0.2, 0.25) is 11.5 Å². The summed E-state index contributed by atoms with van der Waals surface area (Å²) in [6, 6.07) is 7.89. The van der Waals surface area contributed by atoms with Crippen LogP contribution >= 0.6 is 0 Å². The van der Waals surface area contributed by atoms with Crippen molar-refractivity contribution in [2.24, 2.45) is 0 Å². The zero-order chi connectivity index (χ0) is 23.6. The van der Waals surface area contributed by atoms with Gasteiger partial charge in [-0.3, -0.25) is 0 Å². The van der Waals surface area contributed by atoms with Crippen LogP contribution in [0.3, 0.4) is 0 Å². The molecule has 2 atom stereocenters. The predicted octanol–water partition coefficient (Wildman–Crippen LogP) is 3.60. The molecule has 33 heavy (non-hydrogen) atoms. The van der Waals surface area contributed by atoms with Crippen molar-refractivity contribution >= 4 is 0 Å². The molecule has 0 radical (unpaired) electrons. The van der Waals surface area contributed by atoms with Crippen molar-refractivity contribution in [1.82, 2.24) is 0 Å². The first-order chi connectivity index (χ1) is 15.9. The molecule has 8 heteroatoms. The molecule has 2 fully saturated rings. The Hall–Kier alpha value is -2.84. The van der Waals surface area contributed by atoms with Crippen LogP contribution < -0.4 is 28.4 Å². The van der Waals surface area contributed by atoms with Crippen molar-refractivity contribution in [3.05, 3.63) is 35.4 Å². The van der Waals surface area contributed by atoms with Crippen LogP contribution in [0.4, 0.5) is 0 Å². The summed E-state index contributed by atoms with van der Waals surface area (Å²) in [6.45, 7) is 6.58. The molecule has 0 bridgehead atoms. The molecule has 2 aromatic rings. The smallest absolute Gasteiger partial charge is 0.203 e. The van der Waals surface area contributed by atoms with Gasteiger partial charge < -0.3 is 37.9 Å². The third kappa shape index (κ3) is 5.07. The Balaban J connectivity index is 1.70. The molecule has 8 nitrogen and oxygen atoms in total. The van der Waals surface area contributed by atoms with E-state index < -0.39 is 5.41 Å². The Labute approximate surface area is 194 Å². The summed E-state index contributed by atoms with van der Waals surface area (Å²) in [5.41, 5.74) is 1.52. The van der Waals surface area contributed by atoms with Gasteiger partial charge in [-0.05, 0) is 35.4 Å². The van der Waals surface area contributed by atoms with Crippen molar-refractivity contribution in [3.63, 3.8) is 0 Å². The van der Waals surface area contributed by atoms with Gasteiger partial charge in [0.15, 0.2) is 23.0 Å². The molecule has 2 unspecified atom stereocenters. The van der Waals surface area contributed by atoms with Crippen LogP contribution in [-0.2, 0) is 14.9 Å².